The SMILES string of the molecule is Cc1ccc(SCCC(=O)N(Cc2ccc(Cl)c(Cl)c2)C(Cc2ccccc2)C(=O)NC2CCCC2)cc1. The summed E-state index contributed by atoms with van der Waals surface area (Å²) < 4.78 is 0. The van der Waals surface area contributed by atoms with Crippen molar-refractivity contribution in [2.75, 3.05) is 5.75 Å². The van der Waals surface area contributed by atoms with Crippen molar-refractivity contribution in [3.8, 4) is 0 Å². The first-order valence-electron chi connectivity index (χ1n) is 13.2. The van der Waals surface area contributed by atoms with Crippen LogP contribution in [0.3, 0.4) is 0 Å². The van der Waals surface area contributed by atoms with Crippen LogP contribution in [0.2, 0.25) is 10.0 Å². The minimum absolute atomic E-state index is 0.0572. The first-order chi connectivity index (χ1) is 18.4. The molecule has 1 atom stereocenters. The molecule has 1 aliphatic rings. The predicted molar refractivity (Wildman–Crippen MR) is 158 cm³/mol. The maximum atomic E-state index is 13.8. The second-order valence-electron chi connectivity index (χ2n) is 9.88. The average Bonchev–Trinajstić information content (AvgIpc) is 3.43. The van der Waals surface area contributed by atoms with Gasteiger partial charge in [-0.1, -0.05) is 90.1 Å². The van der Waals surface area contributed by atoms with Crippen LogP contribution >= 0.6 is 35.0 Å². The number of halogens is 2. The number of aryl methyl sites for hydroxylation is 1. The molecule has 200 valence electrons. The van der Waals surface area contributed by atoms with Crippen LogP contribution in [0.25, 0.3) is 0 Å². The topological polar surface area (TPSA) is 49.4 Å². The van der Waals surface area contributed by atoms with Gasteiger partial charge in [-0.15, -0.1) is 11.8 Å². The zero-order chi connectivity index (χ0) is 26.9. The Balaban J connectivity index is 1.57. The number of benzene rings is 3. The van der Waals surface area contributed by atoms with E-state index < -0.39 is 6.04 Å². The van der Waals surface area contributed by atoms with Gasteiger partial charge in [0.15, 0.2) is 0 Å². The maximum Gasteiger partial charge on any atom is 0.243 e. The second-order valence-corrected chi connectivity index (χ2v) is 11.9. The van der Waals surface area contributed by atoms with Crippen LogP contribution in [0.5, 0.6) is 0 Å². The third kappa shape index (κ3) is 8.26. The molecule has 0 saturated heterocycles. The quantitative estimate of drug-likeness (QED) is 0.244. The van der Waals surface area contributed by atoms with Crippen molar-refractivity contribution in [2.45, 2.75) is 69.0 Å². The Bertz CT molecular complexity index is 1210. The van der Waals surface area contributed by atoms with E-state index in [4.69, 9.17) is 23.2 Å². The number of hydrogen-bond donors (Lipinski definition) is 1. The molecule has 0 aliphatic heterocycles. The molecule has 0 heterocycles. The van der Waals surface area contributed by atoms with E-state index in [2.05, 4.69) is 36.5 Å². The van der Waals surface area contributed by atoms with Crippen molar-refractivity contribution in [3.05, 3.63) is 99.5 Å². The van der Waals surface area contributed by atoms with E-state index in [1.165, 1.54) is 5.56 Å². The largest absolute Gasteiger partial charge is 0.352 e. The van der Waals surface area contributed by atoms with Crippen LogP contribution < -0.4 is 5.32 Å². The summed E-state index contributed by atoms with van der Waals surface area (Å²) in [6.07, 6.45) is 4.97. The standard InChI is InChI=1S/C31H34Cl2N2O2S/c1-22-11-14-26(15-12-22)38-18-17-30(36)35(21-24-13-16-27(32)28(33)19-24)29(20-23-7-3-2-4-8-23)31(37)34-25-9-5-6-10-25/h2-4,7-8,11-16,19,25,29H,5-6,9-10,17-18,20-21H2,1H3,(H,34,37). The van der Waals surface area contributed by atoms with Gasteiger partial charge in [0.25, 0.3) is 0 Å². The first-order valence-corrected chi connectivity index (χ1v) is 14.9. The predicted octanol–water partition coefficient (Wildman–Crippen LogP) is 7.48. The lowest BCUT2D eigenvalue weighted by atomic mass is 10.0. The van der Waals surface area contributed by atoms with E-state index in [9.17, 15) is 9.59 Å². The van der Waals surface area contributed by atoms with Crippen molar-refractivity contribution in [1.29, 1.82) is 0 Å². The maximum absolute atomic E-state index is 13.8. The Kier molecular flexibility index (Phi) is 10.6. The molecule has 1 saturated carbocycles. The van der Waals surface area contributed by atoms with Gasteiger partial charge >= 0.3 is 0 Å². The first kappa shape index (κ1) is 28.5. The molecule has 2 amide bonds. The van der Waals surface area contributed by atoms with E-state index >= 15 is 0 Å². The van der Waals surface area contributed by atoms with Crippen molar-refractivity contribution < 1.29 is 9.59 Å². The Morgan fingerprint density at radius 2 is 1.66 bits per heavy atom. The summed E-state index contributed by atoms with van der Waals surface area (Å²) in [5.41, 5.74) is 3.06. The van der Waals surface area contributed by atoms with Gasteiger partial charge in [0, 0.05) is 36.1 Å². The molecule has 4 nitrogen and oxygen atoms in total. The van der Waals surface area contributed by atoms with Crippen molar-refractivity contribution in [2.24, 2.45) is 0 Å². The zero-order valence-corrected chi connectivity index (χ0v) is 24.0. The third-order valence-electron chi connectivity index (χ3n) is 6.92. The van der Waals surface area contributed by atoms with E-state index in [0.717, 1.165) is 41.7 Å². The van der Waals surface area contributed by atoms with Crippen LogP contribution in [0.1, 0.15) is 48.8 Å². The van der Waals surface area contributed by atoms with Crippen LogP contribution in [-0.2, 0) is 22.6 Å². The Morgan fingerprint density at radius 1 is 0.947 bits per heavy atom. The van der Waals surface area contributed by atoms with Gasteiger partial charge in [-0.3, -0.25) is 9.59 Å². The van der Waals surface area contributed by atoms with Gasteiger partial charge in [-0.25, -0.2) is 0 Å². The molecule has 1 N–H and O–H groups in total. The van der Waals surface area contributed by atoms with Gasteiger partial charge in [-0.2, -0.15) is 0 Å². The summed E-state index contributed by atoms with van der Waals surface area (Å²) in [4.78, 5) is 30.4. The molecule has 0 radical (unpaired) electrons. The van der Waals surface area contributed by atoms with Crippen LogP contribution in [0.15, 0.2) is 77.7 Å². The number of rotatable bonds is 11. The molecular weight excluding hydrogens is 535 g/mol. The van der Waals surface area contributed by atoms with Crippen molar-refractivity contribution in [1.82, 2.24) is 10.2 Å². The van der Waals surface area contributed by atoms with Gasteiger partial charge in [-0.05, 0) is 55.2 Å². The highest BCUT2D eigenvalue weighted by Gasteiger charge is 2.32. The van der Waals surface area contributed by atoms with E-state index in [1.807, 2.05) is 36.4 Å². The molecule has 4 rings (SSSR count). The molecule has 3 aromatic rings. The fourth-order valence-electron chi connectivity index (χ4n) is 4.79. The van der Waals surface area contributed by atoms with Gasteiger partial charge in [0.2, 0.25) is 11.8 Å². The monoisotopic (exact) mass is 568 g/mol. The lowest BCUT2D eigenvalue weighted by molar-refractivity contribution is -0.141. The molecule has 0 spiro atoms. The van der Waals surface area contributed by atoms with Gasteiger partial charge in [0.1, 0.15) is 6.04 Å². The summed E-state index contributed by atoms with van der Waals surface area (Å²) >= 11 is 14.1. The normalized spacial score (nSPS) is 14.3. The highest BCUT2D eigenvalue weighted by Crippen LogP contribution is 2.26. The molecule has 38 heavy (non-hydrogen) atoms. The van der Waals surface area contributed by atoms with Gasteiger partial charge < -0.3 is 10.2 Å². The number of hydrogen-bond acceptors (Lipinski definition) is 3. The summed E-state index contributed by atoms with van der Waals surface area (Å²) in [7, 11) is 0. The molecule has 1 fully saturated rings. The lowest BCUT2D eigenvalue weighted by Gasteiger charge is -2.32. The molecule has 1 unspecified atom stereocenters. The third-order valence-corrected chi connectivity index (χ3v) is 8.67. The molecule has 7 heteroatoms. The number of carbonyl (C=O) groups is 2. The minimum atomic E-state index is -0.635. The Morgan fingerprint density at radius 3 is 2.34 bits per heavy atom. The van der Waals surface area contributed by atoms with Crippen LogP contribution in [0, 0.1) is 6.92 Å². The number of nitrogens with zero attached hydrogens (tertiary/aromatic N) is 1. The summed E-state index contributed by atoms with van der Waals surface area (Å²) in [6, 6.07) is 23.1. The number of amides is 2. The Hall–Kier alpha value is -2.47. The highest BCUT2D eigenvalue weighted by molar-refractivity contribution is 7.99. The molecule has 0 aromatic heterocycles. The number of carbonyl (C=O) groups excluding carboxylic acids is 2. The number of nitrogens with one attached hydrogen (secondary N) is 1. The average molecular weight is 570 g/mol. The van der Waals surface area contributed by atoms with Crippen LogP contribution in [0.4, 0.5) is 0 Å². The molecular formula is C31H34Cl2N2O2S. The van der Waals surface area contributed by atoms with Crippen LogP contribution in [-0.4, -0.2) is 34.6 Å². The second kappa shape index (κ2) is 14.1. The molecule has 1 aliphatic carbocycles. The summed E-state index contributed by atoms with van der Waals surface area (Å²) in [5, 5.41) is 4.14. The smallest absolute Gasteiger partial charge is 0.243 e. The lowest BCUT2D eigenvalue weighted by Crippen LogP contribution is -2.52. The van der Waals surface area contributed by atoms with E-state index in [1.54, 1.807) is 28.8 Å². The Labute approximate surface area is 240 Å². The van der Waals surface area contributed by atoms with E-state index in [0.29, 0.717) is 28.6 Å². The number of thioether (sulfide) groups is 1. The van der Waals surface area contributed by atoms with Crippen molar-refractivity contribution in [3.63, 3.8) is 0 Å². The summed E-state index contributed by atoms with van der Waals surface area (Å²) in [6.45, 7) is 2.34. The summed E-state index contributed by atoms with van der Waals surface area (Å²) in [5.74, 6) is 0.473. The van der Waals surface area contributed by atoms with Crippen molar-refractivity contribution >= 4 is 46.8 Å². The molecule has 0 bridgehead atoms. The van der Waals surface area contributed by atoms with E-state index in [-0.39, 0.29) is 24.4 Å². The fourth-order valence-corrected chi connectivity index (χ4v) is 5.95. The zero-order valence-electron chi connectivity index (χ0n) is 21.7. The van der Waals surface area contributed by atoms with Gasteiger partial charge in [0.05, 0.1) is 10.0 Å². The minimum Gasteiger partial charge on any atom is -0.352 e. The highest BCUT2D eigenvalue weighted by atomic mass is 35.5. The molecule has 3 aromatic carbocycles. The fraction of sp³-hybridized carbons (Fsp3) is 0.355.